The highest BCUT2D eigenvalue weighted by Crippen LogP contribution is 2.21. The van der Waals surface area contributed by atoms with Crippen LogP contribution in [0.15, 0.2) is 12.7 Å². The molecular formula is C9H14ClNO. The number of hydrogen-bond acceptors (Lipinski definition) is 1. The monoisotopic (exact) mass is 187 g/mol. The van der Waals surface area contributed by atoms with Gasteiger partial charge in [0.1, 0.15) is 0 Å². The van der Waals surface area contributed by atoms with Crippen LogP contribution in [0.5, 0.6) is 0 Å². The molecule has 0 aromatic heterocycles. The van der Waals surface area contributed by atoms with E-state index in [0.717, 1.165) is 25.8 Å². The molecule has 1 unspecified atom stereocenters. The van der Waals surface area contributed by atoms with Gasteiger partial charge >= 0.3 is 5.37 Å². The van der Waals surface area contributed by atoms with Crippen LogP contribution in [0.25, 0.3) is 0 Å². The fourth-order valence-electron chi connectivity index (χ4n) is 1.67. The van der Waals surface area contributed by atoms with Crippen molar-refractivity contribution in [3.05, 3.63) is 12.7 Å². The van der Waals surface area contributed by atoms with Gasteiger partial charge in [-0.1, -0.05) is 6.08 Å². The molecule has 0 saturated carbocycles. The normalized spacial score (nSPS) is 23.8. The second-order valence-corrected chi connectivity index (χ2v) is 3.44. The van der Waals surface area contributed by atoms with E-state index in [-0.39, 0.29) is 5.37 Å². The molecule has 3 heteroatoms. The van der Waals surface area contributed by atoms with Crippen LogP contribution >= 0.6 is 11.6 Å². The van der Waals surface area contributed by atoms with Crippen LogP contribution in [0, 0.1) is 0 Å². The zero-order chi connectivity index (χ0) is 8.97. The zero-order valence-corrected chi connectivity index (χ0v) is 7.89. The Labute approximate surface area is 78.2 Å². The minimum Gasteiger partial charge on any atom is -0.326 e. The van der Waals surface area contributed by atoms with Crippen molar-refractivity contribution in [1.82, 2.24) is 4.90 Å². The van der Waals surface area contributed by atoms with Gasteiger partial charge in [0.25, 0.3) is 0 Å². The average molecular weight is 188 g/mol. The predicted molar refractivity (Wildman–Crippen MR) is 50.4 cm³/mol. The van der Waals surface area contributed by atoms with Crippen LogP contribution in [-0.2, 0) is 0 Å². The van der Waals surface area contributed by atoms with Gasteiger partial charge < -0.3 is 4.90 Å². The number of halogens is 1. The number of carbonyl (C=O) groups excluding carboxylic acids is 1. The summed E-state index contributed by atoms with van der Waals surface area (Å²) in [5.74, 6) is 0. The maximum atomic E-state index is 10.9. The summed E-state index contributed by atoms with van der Waals surface area (Å²) in [5.41, 5.74) is 0. The van der Waals surface area contributed by atoms with E-state index < -0.39 is 0 Å². The lowest BCUT2D eigenvalue weighted by molar-refractivity contribution is 0.173. The van der Waals surface area contributed by atoms with Gasteiger partial charge in [0, 0.05) is 12.6 Å². The van der Waals surface area contributed by atoms with Gasteiger partial charge in [0.2, 0.25) is 0 Å². The van der Waals surface area contributed by atoms with E-state index in [1.165, 1.54) is 6.42 Å². The van der Waals surface area contributed by atoms with Gasteiger partial charge in [-0.15, -0.1) is 6.58 Å². The number of likely N-dealkylation sites (tertiary alicyclic amines) is 1. The van der Waals surface area contributed by atoms with Gasteiger partial charge in [-0.25, -0.2) is 0 Å². The van der Waals surface area contributed by atoms with Crippen molar-refractivity contribution in [2.45, 2.75) is 31.7 Å². The molecule has 0 aliphatic carbocycles. The number of nitrogens with zero attached hydrogens (tertiary/aromatic N) is 1. The molecule has 1 rings (SSSR count). The zero-order valence-electron chi connectivity index (χ0n) is 7.13. The Morgan fingerprint density at radius 3 is 3.00 bits per heavy atom. The van der Waals surface area contributed by atoms with Crippen LogP contribution in [0.2, 0.25) is 0 Å². The third kappa shape index (κ3) is 2.24. The number of amides is 1. The smallest absolute Gasteiger partial charge is 0.316 e. The Morgan fingerprint density at radius 1 is 1.67 bits per heavy atom. The summed E-state index contributed by atoms with van der Waals surface area (Å²) in [7, 11) is 0. The fourth-order valence-corrected chi connectivity index (χ4v) is 1.89. The molecule has 0 spiro atoms. The van der Waals surface area contributed by atoms with Crippen molar-refractivity contribution in [1.29, 1.82) is 0 Å². The molecule has 1 aliphatic heterocycles. The lowest BCUT2D eigenvalue weighted by atomic mass is 10.0. The van der Waals surface area contributed by atoms with Crippen molar-refractivity contribution in [3.8, 4) is 0 Å². The fraction of sp³-hybridized carbons (Fsp3) is 0.667. The summed E-state index contributed by atoms with van der Waals surface area (Å²) in [6.45, 7) is 4.47. The van der Waals surface area contributed by atoms with E-state index in [9.17, 15) is 4.79 Å². The third-order valence-electron chi connectivity index (χ3n) is 2.29. The number of piperidine rings is 1. The molecule has 0 N–H and O–H groups in total. The van der Waals surface area contributed by atoms with Gasteiger partial charge in [-0.05, 0) is 37.3 Å². The molecular weight excluding hydrogens is 174 g/mol. The molecule has 1 saturated heterocycles. The summed E-state index contributed by atoms with van der Waals surface area (Å²) in [4.78, 5) is 12.7. The SMILES string of the molecule is C=CCC1CCCCN1C(=O)Cl. The first-order valence-electron chi connectivity index (χ1n) is 4.32. The van der Waals surface area contributed by atoms with Gasteiger partial charge in [-0.3, -0.25) is 4.79 Å². The largest absolute Gasteiger partial charge is 0.326 e. The molecule has 1 aliphatic rings. The highest BCUT2D eigenvalue weighted by Gasteiger charge is 2.23. The molecule has 1 heterocycles. The molecule has 1 fully saturated rings. The van der Waals surface area contributed by atoms with Crippen molar-refractivity contribution in [3.63, 3.8) is 0 Å². The second-order valence-electron chi connectivity index (χ2n) is 3.12. The van der Waals surface area contributed by atoms with Crippen molar-refractivity contribution in [2.75, 3.05) is 6.54 Å². The summed E-state index contributed by atoms with van der Waals surface area (Å²) >= 11 is 5.44. The summed E-state index contributed by atoms with van der Waals surface area (Å²) < 4.78 is 0. The highest BCUT2D eigenvalue weighted by atomic mass is 35.5. The predicted octanol–water partition coefficient (Wildman–Crippen LogP) is 2.78. The average Bonchev–Trinajstić information content (AvgIpc) is 2.05. The van der Waals surface area contributed by atoms with E-state index in [1.54, 1.807) is 4.90 Å². The van der Waals surface area contributed by atoms with Crippen molar-refractivity contribution >= 4 is 17.0 Å². The number of hydrogen-bond donors (Lipinski definition) is 0. The number of rotatable bonds is 2. The maximum Gasteiger partial charge on any atom is 0.316 e. The molecule has 0 aromatic rings. The number of carbonyl (C=O) groups is 1. The van der Waals surface area contributed by atoms with Crippen molar-refractivity contribution < 1.29 is 4.79 Å². The van der Waals surface area contributed by atoms with E-state index in [1.807, 2.05) is 6.08 Å². The van der Waals surface area contributed by atoms with Crippen LogP contribution < -0.4 is 0 Å². The molecule has 0 radical (unpaired) electrons. The van der Waals surface area contributed by atoms with E-state index in [2.05, 4.69) is 6.58 Å². The van der Waals surface area contributed by atoms with Crippen LogP contribution in [0.1, 0.15) is 25.7 Å². The van der Waals surface area contributed by atoms with E-state index in [0.29, 0.717) is 6.04 Å². The van der Waals surface area contributed by atoms with E-state index in [4.69, 9.17) is 11.6 Å². The van der Waals surface area contributed by atoms with Crippen LogP contribution in [0.4, 0.5) is 4.79 Å². The molecule has 1 atom stereocenters. The van der Waals surface area contributed by atoms with Crippen molar-refractivity contribution in [2.24, 2.45) is 0 Å². The van der Waals surface area contributed by atoms with Crippen LogP contribution in [0.3, 0.4) is 0 Å². The lowest BCUT2D eigenvalue weighted by Crippen LogP contribution is -2.40. The summed E-state index contributed by atoms with van der Waals surface area (Å²) in [5, 5.41) is -0.318. The Hall–Kier alpha value is -0.500. The van der Waals surface area contributed by atoms with E-state index >= 15 is 0 Å². The highest BCUT2D eigenvalue weighted by molar-refractivity contribution is 6.62. The summed E-state index contributed by atoms with van der Waals surface area (Å²) in [6.07, 6.45) is 6.04. The minimum absolute atomic E-state index is 0.293. The Morgan fingerprint density at radius 2 is 2.42 bits per heavy atom. The Balaban J connectivity index is 2.53. The molecule has 0 bridgehead atoms. The Bertz CT molecular complexity index is 181. The van der Waals surface area contributed by atoms with Crippen LogP contribution in [-0.4, -0.2) is 22.9 Å². The standard InChI is InChI=1S/C9H14ClNO/c1-2-5-8-6-3-4-7-11(8)9(10)12/h2,8H,1,3-7H2. The lowest BCUT2D eigenvalue weighted by Gasteiger charge is -2.33. The molecule has 68 valence electrons. The maximum absolute atomic E-state index is 10.9. The first-order chi connectivity index (χ1) is 5.75. The molecule has 0 aromatic carbocycles. The van der Waals surface area contributed by atoms with Gasteiger partial charge in [0.05, 0.1) is 0 Å². The quantitative estimate of drug-likeness (QED) is 0.370. The Kier molecular flexibility index (Phi) is 3.60. The molecule has 2 nitrogen and oxygen atoms in total. The molecule has 12 heavy (non-hydrogen) atoms. The van der Waals surface area contributed by atoms with Gasteiger partial charge in [0.15, 0.2) is 0 Å². The third-order valence-corrected chi connectivity index (χ3v) is 2.51. The second kappa shape index (κ2) is 4.51. The topological polar surface area (TPSA) is 20.3 Å². The summed E-state index contributed by atoms with van der Waals surface area (Å²) in [6, 6.07) is 0.293. The first kappa shape index (κ1) is 9.59. The molecule has 1 amide bonds. The first-order valence-corrected chi connectivity index (χ1v) is 4.70. The van der Waals surface area contributed by atoms with Gasteiger partial charge in [-0.2, -0.15) is 0 Å². The minimum atomic E-state index is -0.318.